The van der Waals surface area contributed by atoms with Gasteiger partial charge in [-0.15, -0.1) is 0 Å². The van der Waals surface area contributed by atoms with E-state index in [1.54, 1.807) is 21.3 Å². The summed E-state index contributed by atoms with van der Waals surface area (Å²) in [7, 11) is 4.79. The van der Waals surface area contributed by atoms with Crippen LogP contribution in [-0.4, -0.2) is 27.3 Å². The van der Waals surface area contributed by atoms with E-state index in [0.29, 0.717) is 0 Å². The molecule has 0 radical (unpaired) electrons. The van der Waals surface area contributed by atoms with Crippen LogP contribution < -0.4 is 0 Å². The third-order valence-electron chi connectivity index (χ3n) is 2.02. The van der Waals surface area contributed by atoms with Crippen molar-refractivity contribution in [1.29, 1.82) is 0 Å². The van der Waals surface area contributed by atoms with Gasteiger partial charge in [-0.1, -0.05) is 19.8 Å². The Kier molecular flexibility index (Phi) is 6.34. The Hall–Kier alpha value is -0.120. The van der Waals surface area contributed by atoms with Crippen molar-refractivity contribution in [2.45, 2.75) is 38.6 Å². The standard InChI is InChI=1S/C9H20O3/c1-5-6-7-8-9(10-2,11-3)12-4/h5-8H2,1-4H3. The zero-order chi connectivity index (χ0) is 9.45. The molecule has 0 unspecified atom stereocenters. The maximum Gasteiger partial charge on any atom is 0.282 e. The molecule has 0 rings (SSSR count). The van der Waals surface area contributed by atoms with E-state index < -0.39 is 5.97 Å². The van der Waals surface area contributed by atoms with Gasteiger partial charge in [0.2, 0.25) is 0 Å². The summed E-state index contributed by atoms with van der Waals surface area (Å²) >= 11 is 0. The molecule has 12 heavy (non-hydrogen) atoms. The maximum absolute atomic E-state index is 5.14. The zero-order valence-electron chi connectivity index (χ0n) is 8.55. The first-order chi connectivity index (χ1) is 5.74. The first-order valence-corrected chi connectivity index (χ1v) is 4.40. The number of rotatable bonds is 7. The molecule has 0 N–H and O–H groups in total. The van der Waals surface area contributed by atoms with E-state index in [9.17, 15) is 0 Å². The number of unbranched alkanes of at least 4 members (excludes halogenated alkanes) is 2. The summed E-state index contributed by atoms with van der Waals surface area (Å²) in [5.41, 5.74) is 0. The van der Waals surface area contributed by atoms with Crippen LogP contribution in [0.2, 0.25) is 0 Å². The molecule has 0 bridgehead atoms. The van der Waals surface area contributed by atoms with Crippen LogP contribution in [0.4, 0.5) is 0 Å². The van der Waals surface area contributed by atoms with Crippen molar-refractivity contribution in [1.82, 2.24) is 0 Å². The van der Waals surface area contributed by atoms with Crippen LogP contribution in [0, 0.1) is 0 Å². The van der Waals surface area contributed by atoms with Gasteiger partial charge in [0, 0.05) is 27.8 Å². The number of hydrogen-bond donors (Lipinski definition) is 0. The average molecular weight is 176 g/mol. The molecule has 0 aromatic carbocycles. The molecule has 0 aromatic rings. The van der Waals surface area contributed by atoms with E-state index in [0.717, 1.165) is 12.8 Å². The van der Waals surface area contributed by atoms with Crippen LogP contribution in [-0.2, 0) is 14.2 Å². The van der Waals surface area contributed by atoms with Crippen LogP contribution >= 0.6 is 0 Å². The van der Waals surface area contributed by atoms with Gasteiger partial charge in [0.05, 0.1) is 0 Å². The van der Waals surface area contributed by atoms with Gasteiger partial charge in [-0.25, -0.2) is 0 Å². The molecule has 74 valence electrons. The van der Waals surface area contributed by atoms with Crippen molar-refractivity contribution in [2.24, 2.45) is 0 Å². The third-order valence-corrected chi connectivity index (χ3v) is 2.02. The lowest BCUT2D eigenvalue weighted by Gasteiger charge is -2.28. The molecular formula is C9H20O3. The Labute approximate surface area is 75.0 Å². The highest BCUT2D eigenvalue weighted by Gasteiger charge is 2.28. The fraction of sp³-hybridized carbons (Fsp3) is 1.00. The molecule has 0 saturated heterocycles. The smallest absolute Gasteiger partial charge is 0.282 e. The summed E-state index contributed by atoms with van der Waals surface area (Å²) in [5, 5.41) is 0. The molecule has 0 atom stereocenters. The fourth-order valence-electron chi connectivity index (χ4n) is 1.15. The molecule has 3 nitrogen and oxygen atoms in total. The molecule has 0 spiro atoms. The second-order valence-electron chi connectivity index (χ2n) is 2.75. The van der Waals surface area contributed by atoms with E-state index in [1.165, 1.54) is 12.8 Å². The minimum absolute atomic E-state index is 0.782. The first-order valence-electron chi connectivity index (χ1n) is 4.40. The summed E-state index contributed by atoms with van der Waals surface area (Å²) < 4.78 is 15.4. The Morgan fingerprint density at radius 3 is 1.75 bits per heavy atom. The van der Waals surface area contributed by atoms with Crippen molar-refractivity contribution in [2.75, 3.05) is 21.3 Å². The molecule has 0 fully saturated rings. The Bertz CT molecular complexity index is 91.7. The molecule has 0 aliphatic carbocycles. The van der Waals surface area contributed by atoms with Crippen LogP contribution in [0.15, 0.2) is 0 Å². The van der Waals surface area contributed by atoms with Gasteiger partial charge < -0.3 is 14.2 Å². The molecule has 0 aromatic heterocycles. The van der Waals surface area contributed by atoms with Gasteiger partial charge in [-0.3, -0.25) is 0 Å². The SMILES string of the molecule is CCCCCC(OC)(OC)OC. The molecular weight excluding hydrogens is 156 g/mol. The highest BCUT2D eigenvalue weighted by molar-refractivity contribution is 4.55. The summed E-state index contributed by atoms with van der Waals surface area (Å²) in [4.78, 5) is 0. The Morgan fingerprint density at radius 2 is 1.42 bits per heavy atom. The predicted octanol–water partition coefficient (Wildman–Crippen LogP) is 2.16. The van der Waals surface area contributed by atoms with Crippen molar-refractivity contribution >= 4 is 0 Å². The minimum Gasteiger partial charge on any atom is -0.331 e. The lowest BCUT2D eigenvalue weighted by molar-refractivity contribution is -0.355. The second-order valence-corrected chi connectivity index (χ2v) is 2.75. The Balaban J connectivity index is 3.76. The van der Waals surface area contributed by atoms with E-state index in [2.05, 4.69) is 6.92 Å². The quantitative estimate of drug-likeness (QED) is 0.439. The van der Waals surface area contributed by atoms with Gasteiger partial charge in [0.1, 0.15) is 0 Å². The van der Waals surface area contributed by atoms with Crippen molar-refractivity contribution < 1.29 is 14.2 Å². The average Bonchev–Trinajstić information content (AvgIpc) is 2.14. The lowest BCUT2D eigenvalue weighted by atomic mass is 10.2. The molecule has 0 aliphatic heterocycles. The summed E-state index contributed by atoms with van der Waals surface area (Å²) in [6.45, 7) is 2.16. The second kappa shape index (κ2) is 6.40. The summed E-state index contributed by atoms with van der Waals surface area (Å²) in [6.07, 6.45) is 4.21. The Morgan fingerprint density at radius 1 is 0.917 bits per heavy atom. The number of ether oxygens (including phenoxy) is 3. The largest absolute Gasteiger partial charge is 0.331 e. The molecule has 3 heteroatoms. The van der Waals surface area contributed by atoms with Crippen LogP contribution in [0.5, 0.6) is 0 Å². The third kappa shape index (κ3) is 3.52. The zero-order valence-corrected chi connectivity index (χ0v) is 8.55. The van der Waals surface area contributed by atoms with Crippen LogP contribution in [0.3, 0.4) is 0 Å². The topological polar surface area (TPSA) is 27.7 Å². The van der Waals surface area contributed by atoms with E-state index in [4.69, 9.17) is 14.2 Å². The summed E-state index contributed by atoms with van der Waals surface area (Å²) in [6, 6.07) is 0. The van der Waals surface area contributed by atoms with Gasteiger partial charge >= 0.3 is 0 Å². The maximum atomic E-state index is 5.14. The van der Waals surface area contributed by atoms with Crippen molar-refractivity contribution in [3.63, 3.8) is 0 Å². The van der Waals surface area contributed by atoms with Crippen molar-refractivity contribution in [3.05, 3.63) is 0 Å². The van der Waals surface area contributed by atoms with Gasteiger partial charge in [0.15, 0.2) is 0 Å². The summed E-state index contributed by atoms with van der Waals surface area (Å²) in [5.74, 6) is -0.824. The van der Waals surface area contributed by atoms with Crippen molar-refractivity contribution in [3.8, 4) is 0 Å². The van der Waals surface area contributed by atoms with E-state index >= 15 is 0 Å². The molecule has 0 saturated carbocycles. The van der Waals surface area contributed by atoms with Crippen LogP contribution in [0.1, 0.15) is 32.6 Å². The predicted molar refractivity (Wildman–Crippen MR) is 47.9 cm³/mol. The highest BCUT2D eigenvalue weighted by Crippen LogP contribution is 2.20. The van der Waals surface area contributed by atoms with Crippen LogP contribution in [0.25, 0.3) is 0 Å². The monoisotopic (exact) mass is 176 g/mol. The van der Waals surface area contributed by atoms with Gasteiger partial charge in [-0.05, 0) is 6.42 Å². The molecule has 0 aliphatic rings. The number of hydrogen-bond acceptors (Lipinski definition) is 3. The van der Waals surface area contributed by atoms with E-state index in [-0.39, 0.29) is 0 Å². The van der Waals surface area contributed by atoms with E-state index in [1.807, 2.05) is 0 Å². The molecule has 0 heterocycles. The fourth-order valence-corrected chi connectivity index (χ4v) is 1.15. The first kappa shape index (κ1) is 11.9. The normalized spacial score (nSPS) is 12.0. The lowest BCUT2D eigenvalue weighted by Crippen LogP contribution is -2.35. The minimum atomic E-state index is -0.824. The number of methoxy groups -OCH3 is 3. The molecule has 0 amide bonds. The van der Waals surface area contributed by atoms with Gasteiger partial charge in [0.25, 0.3) is 5.97 Å². The van der Waals surface area contributed by atoms with Gasteiger partial charge in [-0.2, -0.15) is 0 Å². The highest BCUT2D eigenvalue weighted by atomic mass is 16.9.